The van der Waals surface area contributed by atoms with Gasteiger partial charge in [-0.25, -0.2) is 9.59 Å². The highest BCUT2D eigenvalue weighted by molar-refractivity contribution is 6.27. The number of fused-ring (bicyclic) bond motifs is 1. The number of ether oxygens (including phenoxy) is 1. The van der Waals surface area contributed by atoms with Gasteiger partial charge in [-0.1, -0.05) is 6.07 Å². The summed E-state index contributed by atoms with van der Waals surface area (Å²) in [7, 11) is 2.92. The zero-order valence-corrected chi connectivity index (χ0v) is 22.3. The molecule has 41 heavy (non-hydrogen) atoms. The quantitative estimate of drug-likeness (QED) is 0.494. The summed E-state index contributed by atoms with van der Waals surface area (Å²) in [4.78, 5) is 50.7. The number of carbonyl (C=O) groups excluding carboxylic acids is 3. The number of hydrogen-bond acceptors (Lipinski definition) is 5. The number of rotatable bonds is 5. The summed E-state index contributed by atoms with van der Waals surface area (Å²) < 4.78 is 44.9. The van der Waals surface area contributed by atoms with Crippen LogP contribution in [0.3, 0.4) is 0 Å². The standard InChI is InChI=1S/C27H26F3N7O4/c1-14-21-13-32-24(31-2)35-22(21)37(25(39)34-17-7-8-17)26(40)36(14)19-10-18(11-20(12-19)41-3)33-23(38)15-5-4-6-16(9-15)27(28,29)30/h4-6,9-12,17H,7-8,13H2,1-3H3,(H,31,32)(H,33,38)(H,34,39). The van der Waals surface area contributed by atoms with E-state index in [4.69, 9.17) is 4.74 Å². The highest BCUT2D eigenvalue weighted by Crippen LogP contribution is 2.35. The number of allylic oxidation sites excluding steroid dienone is 1. The fraction of sp³-hybridized carbons (Fsp3) is 0.296. The Hall–Kier alpha value is -4.88. The van der Waals surface area contributed by atoms with Gasteiger partial charge in [0.15, 0.2) is 5.84 Å². The van der Waals surface area contributed by atoms with Crippen LogP contribution in [0, 0.1) is 0 Å². The van der Waals surface area contributed by atoms with Crippen molar-refractivity contribution >= 4 is 41.1 Å². The molecule has 2 aromatic rings. The zero-order valence-electron chi connectivity index (χ0n) is 22.3. The number of imide groups is 1. The van der Waals surface area contributed by atoms with Crippen molar-refractivity contribution in [3.8, 4) is 5.75 Å². The number of halogens is 3. The first kappa shape index (κ1) is 27.7. The molecule has 2 aromatic carbocycles. The van der Waals surface area contributed by atoms with Gasteiger partial charge >= 0.3 is 18.2 Å². The Kier molecular flexibility index (Phi) is 7.15. The van der Waals surface area contributed by atoms with E-state index in [2.05, 4.69) is 25.9 Å². The van der Waals surface area contributed by atoms with Crippen molar-refractivity contribution in [1.82, 2.24) is 15.5 Å². The number of benzene rings is 2. The van der Waals surface area contributed by atoms with Gasteiger partial charge in [-0.3, -0.25) is 14.7 Å². The van der Waals surface area contributed by atoms with Gasteiger partial charge in [-0.2, -0.15) is 23.1 Å². The fourth-order valence-corrected chi connectivity index (χ4v) is 4.42. The molecule has 0 spiro atoms. The summed E-state index contributed by atoms with van der Waals surface area (Å²) in [6.45, 7) is 1.92. The summed E-state index contributed by atoms with van der Waals surface area (Å²) in [5.74, 6) is -0.119. The van der Waals surface area contributed by atoms with E-state index >= 15 is 0 Å². The minimum Gasteiger partial charge on any atom is -0.497 e. The van der Waals surface area contributed by atoms with Gasteiger partial charge < -0.3 is 20.7 Å². The van der Waals surface area contributed by atoms with E-state index in [0.29, 0.717) is 11.3 Å². The second-order valence-corrected chi connectivity index (χ2v) is 9.53. The summed E-state index contributed by atoms with van der Waals surface area (Å²) in [5.41, 5.74) is 0.273. The summed E-state index contributed by atoms with van der Waals surface area (Å²) >= 11 is 0. The van der Waals surface area contributed by atoms with Crippen molar-refractivity contribution in [1.29, 1.82) is 0 Å². The first-order chi connectivity index (χ1) is 19.5. The second-order valence-electron chi connectivity index (χ2n) is 9.53. The van der Waals surface area contributed by atoms with Gasteiger partial charge in [-0.15, -0.1) is 0 Å². The molecule has 11 nitrogen and oxygen atoms in total. The minimum absolute atomic E-state index is 0.0321. The Balaban J connectivity index is 1.53. The first-order valence-electron chi connectivity index (χ1n) is 12.6. The summed E-state index contributed by atoms with van der Waals surface area (Å²) in [6.07, 6.45) is -3.00. The van der Waals surface area contributed by atoms with Crippen molar-refractivity contribution in [3.05, 3.63) is 64.9 Å². The lowest BCUT2D eigenvalue weighted by molar-refractivity contribution is -0.137. The fourth-order valence-electron chi connectivity index (χ4n) is 4.42. The molecule has 214 valence electrons. The highest BCUT2D eigenvalue weighted by Gasteiger charge is 2.43. The number of methoxy groups -OCH3 is 1. The number of alkyl halides is 3. The molecule has 0 unspecified atom stereocenters. The van der Waals surface area contributed by atoms with E-state index in [1.54, 1.807) is 6.92 Å². The molecule has 5 amide bonds. The number of amides is 5. The number of guanidine groups is 1. The SMILES string of the molecule is CN=C1N=C2C(=C(C)N(c3cc(NC(=O)c4cccc(C(F)(F)F)c4)cc(OC)c3)C(=O)N2C(=O)NC2CC2)CN1. The van der Waals surface area contributed by atoms with Gasteiger partial charge in [0.05, 0.1) is 18.4 Å². The number of nitrogens with zero attached hydrogens (tertiary/aromatic N) is 4. The smallest absolute Gasteiger partial charge is 0.416 e. The lowest BCUT2D eigenvalue weighted by atomic mass is 10.1. The summed E-state index contributed by atoms with van der Waals surface area (Å²) in [6, 6.07) is 7.10. The number of nitrogens with one attached hydrogen (secondary N) is 3. The predicted octanol–water partition coefficient (Wildman–Crippen LogP) is 4.34. The topological polar surface area (TPSA) is 128 Å². The van der Waals surface area contributed by atoms with E-state index in [0.717, 1.165) is 35.9 Å². The van der Waals surface area contributed by atoms with E-state index < -0.39 is 29.7 Å². The molecule has 3 aliphatic rings. The van der Waals surface area contributed by atoms with Crippen LogP contribution in [0.4, 0.5) is 34.1 Å². The molecule has 0 atom stereocenters. The molecular formula is C27H26F3N7O4. The lowest BCUT2D eigenvalue weighted by Crippen LogP contribution is -2.59. The largest absolute Gasteiger partial charge is 0.497 e. The Morgan fingerprint density at radius 3 is 2.59 bits per heavy atom. The van der Waals surface area contributed by atoms with Crippen LogP contribution >= 0.6 is 0 Å². The van der Waals surface area contributed by atoms with Crippen molar-refractivity contribution in [2.45, 2.75) is 32.0 Å². The van der Waals surface area contributed by atoms with Crippen molar-refractivity contribution in [2.24, 2.45) is 9.98 Å². The molecule has 5 rings (SSSR count). The average molecular weight is 570 g/mol. The Morgan fingerprint density at radius 2 is 1.93 bits per heavy atom. The molecule has 1 fully saturated rings. The molecule has 14 heteroatoms. The second kappa shape index (κ2) is 10.6. The van der Waals surface area contributed by atoms with Gasteiger partial charge in [0.1, 0.15) is 5.75 Å². The van der Waals surface area contributed by atoms with E-state index in [1.807, 2.05) is 0 Å². The van der Waals surface area contributed by atoms with Crippen LogP contribution in [0.2, 0.25) is 0 Å². The highest BCUT2D eigenvalue weighted by atomic mass is 19.4. The molecule has 3 N–H and O–H groups in total. The minimum atomic E-state index is -4.61. The number of aliphatic imine (C=N–C) groups is 2. The van der Waals surface area contributed by atoms with E-state index in [1.165, 1.54) is 43.3 Å². The molecule has 2 aliphatic heterocycles. The van der Waals surface area contributed by atoms with Crippen molar-refractivity contribution in [3.63, 3.8) is 0 Å². The van der Waals surface area contributed by atoms with Crippen LogP contribution in [-0.4, -0.2) is 61.4 Å². The maximum atomic E-state index is 13.9. The van der Waals surface area contributed by atoms with Crippen LogP contribution < -0.4 is 25.6 Å². The van der Waals surface area contributed by atoms with E-state index in [-0.39, 0.29) is 47.1 Å². The van der Waals surface area contributed by atoms with E-state index in [9.17, 15) is 27.6 Å². The maximum absolute atomic E-state index is 13.9. The van der Waals surface area contributed by atoms with Gasteiger partial charge in [0.25, 0.3) is 5.91 Å². The molecule has 0 aromatic heterocycles. The lowest BCUT2D eigenvalue weighted by Gasteiger charge is -2.39. The third kappa shape index (κ3) is 5.58. The monoisotopic (exact) mass is 569 g/mol. The normalized spacial score (nSPS) is 18.0. The molecule has 0 radical (unpaired) electrons. The first-order valence-corrected chi connectivity index (χ1v) is 12.6. The Morgan fingerprint density at radius 1 is 1.17 bits per heavy atom. The van der Waals surface area contributed by atoms with Crippen molar-refractivity contribution < 1.29 is 32.3 Å². The van der Waals surface area contributed by atoms with Crippen molar-refractivity contribution in [2.75, 3.05) is 30.9 Å². The molecular weight excluding hydrogens is 543 g/mol. The molecule has 0 saturated heterocycles. The third-order valence-corrected chi connectivity index (χ3v) is 6.69. The Labute approximate surface area is 232 Å². The number of carbonyl (C=O) groups is 3. The molecule has 0 bridgehead atoms. The number of anilines is 2. The van der Waals surface area contributed by atoms with Crippen LogP contribution in [-0.2, 0) is 6.18 Å². The number of urea groups is 2. The van der Waals surface area contributed by atoms with Crippen LogP contribution in [0.1, 0.15) is 35.7 Å². The average Bonchev–Trinajstić information content (AvgIpc) is 3.76. The van der Waals surface area contributed by atoms with Gasteiger partial charge in [-0.05, 0) is 44.0 Å². The third-order valence-electron chi connectivity index (χ3n) is 6.69. The van der Waals surface area contributed by atoms with Crippen LogP contribution in [0.5, 0.6) is 5.75 Å². The van der Waals surface area contributed by atoms with Gasteiger partial charge in [0.2, 0.25) is 5.96 Å². The Bertz CT molecular complexity index is 1530. The molecule has 1 aliphatic carbocycles. The predicted molar refractivity (Wildman–Crippen MR) is 145 cm³/mol. The van der Waals surface area contributed by atoms with Crippen LogP contribution in [0.25, 0.3) is 0 Å². The summed E-state index contributed by atoms with van der Waals surface area (Å²) in [5, 5.41) is 8.43. The van der Waals surface area contributed by atoms with Crippen LogP contribution in [0.15, 0.2) is 63.7 Å². The number of amidine groups is 1. The molecule has 1 saturated carbocycles. The molecule has 2 heterocycles. The zero-order chi connectivity index (χ0) is 29.5. The number of hydrogen-bond donors (Lipinski definition) is 3. The maximum Gasteiger partial charge on any atom is 0.416 e. The van der Waals surface area contributed by atoms with Gasteiger partial charge in [0, 0.05) is 54.3 Å².